The number of halogens is 3. The molecule has 122 valence electrons. The molecule has 0 spiro atoms. The zero-order chi connectivity index (χ0) is 16.3. The van der Waals surface area contributed by atoms with Crippen molar-refractivity contribution in [3.8, 4) is 0 Å². The molecule has 1 aromatic rings. The number of thiophene rings is 1. The van der Waals surface area contributed by atoms with Gasteiger partial charge in [-0.15, -0.1) is 11.3 Å². The summed E-state index contributed by atoms with van der Waals surface area (Å²) in [5, 5.41) is 0.448. The molecular weight excluding hydrogens is 331 g/mol. The van der Waals surface area contributed by atoms with Crippen molar-refractivity contribution in [3.05, 3.63) is 27.5 Å². The van der Waals surface area contributed by atoms with E-state index in [4.69, 9.17) is 0 Å². The van der Waals surface area contributed by atoms with E-state index in [9.17, 15) is 18.0 Å². The van der Waals surface area contributed by atoms with Crippen LogP contribution in [0.4, 0.5) is 13.2 Å². The van der Waals surface area contributed by atoms with Crippen LogP contribution in [0.1, 0.15) is 29.5 Å². The molecule has 1 aliphatic rings. The molecule has 0 aliphatic carbocycles. The average molecular weight is 349 g/mol. The molecule has 0 radical (unpaired) electrons. The van der Waals surface area contributed by atoms with Gasteiger partial charge in [-0.25, -0.2) is 0 Å². The van der Waals surface area contributed by atoms with Crippen molar-refractivity contribution < 1.29 is 18.0 Å². The van der Waals surface area contributed by atoms with Crippen LogP contribution in [0.25, 0.3) is 6.08 Å². The van der Waals surface area contributed by atoms with Crippen molar-refractivity contribution in [2.45, 2.75) is 31.2 Å². The first-order valence-electron chi connectivity index (χ1n) is 6.98. The van der Waals surface area contributed by atoms with E-state index in [2.05, 4.69) is 0 Å². The number of hydrogen-bond acceptors (Lipinski definition) is 3. The van der Waals surface area contributed by atoms with Crippen molar-refractivity contribution in [2.24, 2.45) is 0 Å². The number of carbonyl (C=O) groups is 1. The summed E-state index contributed by atoms with van der Waals surface area (Å²) in [5.41, 5.74) is 0.484. The number of hydrogen-bond donors (Lipinski definition) is 0. The lowest BCUT2D eigenvalue weighted by Crippen LogP contribution is -2.41. The molecule has 1 aliphatic heterocycles. The Morgan fingerprint density at radius 2 is 2.18 bits per heavy atom. The first kappa shape index (κ1) is 17.4. The molecule has 1 fully saturated rings. The third kappa shape index (κ3) is 4.29. The zero-order valence-electron chi connectivity index (χ0n) is 12.4. The lowest BCUT2D eigenvalue weighted by Gasteiger charge is -2.32. The minimum atomic E-state index is -4.33. The molecule has 22 heavy (non-hydrogen) atoms. The van der Waals surface area contributed by atoms with Crippen molar-refractivity contribution >= 4 is 35.1 Å². The Balaban J connectivity index is 2.08. The summed E-state index contributed by atoms with van der Waals surface area (Å²) in [4.78, 5) is 14.0. The second-order valence-electron chi connectivity index (χ2n) is 5.28. The second-order valence-corrected chi connectivity index (χ2v) is 7.53. The third-order valence-corrected chi connectivity index (χ3v) is 5.73. The largest absolute Gasteiger partial charge is 0.425 e. The lowest BCUT2D eigenvalue weighted by molar-refractivity contribution is -0.134. The van der Waals surface area contributed by atoms with Gasteiger partial charge in [-0.2, -0.15) is 24.9 Å². The van der Waals surface area contributed by atoms with Crippen molar-refractivity contribution in [2.75, 3.05) is 19.3 Å². The minimum Gasteiger partial charge on any atom is -0.338 e. The number of piperidine rings is 1. The average Bonchev–Trinajstić information content (AvgIpc) is 2.95. The Morgan fingerprint density at radius 1 is 1.45 bits per heavy atom. The molecule has 1 atom stereocenters. The van der Waals surface area contributed by atoms with Gasteiger partial charge in [0.1, 0.15) is 4.88 Å². The standard InChI is InChI=1S/C15H18F3NOS2/c1-10(8-11-5-6-13(22-11)15(16,17)18)14(20)19-7-3-4-12(9-19)21-2/h5-6,8,12H,3-4,7,9H2,1-2H3/b10-8+. The molecular formula is C15H18F3NOS2. The third-order valence-electron chi connectivity index (χ3n) is 3.60. The van der Waals surface area contributed by atoms with Gasteiger partial charge >= 0.3 is 6.18 Å². The Labute approximate surface area is 136 Å². The highest BCUT2D eigenvalue weighted by atomic mass is 32.2. The molecule has 1 aromatic heterocycles. The van der Waals surface area contributed by atoms with E-state index in [1.807, 2.05) is 6.26 Å². The van der Waals surface area contributed by atoms with E-state index >= 15 is 0 Å². The molecule has 2 nitrogen and oxygen atoms in total. The van der Waals surface area contributed by atoms with Crippen molar-refractivity contribution in [1.29, 1.82) is 0 Å². The predicted molar refractivity (Wildman–Crippen MR) is 86.1 cm³/mol. The Bertz CT molecular complexity index is 565. The van der Waals surface area contributed by atoms with E-state index in [0.717, 1.165) is 25.5 Å². The smallest absolute Gasteiger partial charge is 0.338 e. The van der Waals surface area contributed by atoms with Gasteiger partial charge in [-0.3, -0.25) is 4.79 Å². The highest BCUT2D eigenvalue weighted by Crippen LogP contribution is 2.35. The summed E-state index contributed by atoms with van der Waals surface area (Å²) >= 11 is 2.41. The summed E-state index contributed by atoms with van der Waals surface area (Å²) in [6.45, 7) is 3.10. The maximum Gasteiger partial charge on any atom is 0.425 e. The fraction of sp³-hybridized carbons (Fsp3) is 0.533. The molecule has 2 heterocycles. The molecule has 1 unspecified atom stereocenters. The number of amides is 1. The van der Waals surface area contributed by atoms with Crippen LogP contribution < -0.4 is 0 Å². The molecule has 1 amide bonds. The van der Waals surface area contributed by atoms with E-state index in [-0.39, 0.29) is 5.91 Å². The van der Waals surface area contributed by atoms with Gasteiger partial charge < -0.3 is 4.90 Å². The van der Waals surface area contributed by atoms with Gasteiger partial charge in [-0.1, -0.05) is 0 Å². The number of alkyl halides is 3. The molecule has 0 N–H and O–H groups in total. The lowest BCUT2D eigenvalue weighted by atomic mass is 10.1. The highest BCUT2D eigenvalue weighted by molar-refractivity contribution is 7.99. The minimum absolute atomic E-state index is 0.0827. The molecule has 0 saturated carbocycles. The summed E-state index contributed by atoms with van der Waals surface area (Å²) in [5.74, 6) is -0.0827. The SMILES string of the molecule is CSC1CCCN(C(=O)/C(C)=C/c2ccc(C(F)(F)F)s2)C1. The van der Waals surface area contributed by atoms with Gasteiger partial charge in [0, 0.05) is 28.8 Å². The summed E-state index contributed by atoms with van der Waals surface area (Å²) < 4.78 is 37.7. The van der Waals surface area contributed by atoms with Gasteiger partial charge in [0.25, 0.3) is 0 Å². The normalized spacial score (nSPS) is 20.3. The Hall–Kier alpha value is -0.950. The van der Waals surface area contributed by atoms with Crippen LogP contribution in [0, 0.1) is 0 Å². The molecule has 0 aromatic carbocycles. The number of thioether (sulfide) groups is 1. The monoisotopic (exact) mass is 349 g/mol. The number of likely N-dealkylation sites (tertiary alicyclic amines) is 1. The number of carbonyl (C=O) groups excluding carboxylic acids is 1. The van der Waals surface area contributed by atoms with Gasteiger partial charge in [0.15, 0.2) is 0 Å². The Morgan fingerprint density at radius 3 is 2.77 bits per heavy atom. The molecule has 7 heteroatoms. The van der Waals surface area contributed by atoms with E-state index in [1.165, 1.54) is 6.07 Å². The van der Waals surface area contributed by atoms with E-state index in [0.29, 0.717) is 33.6 Å². The maximum atomic E-state index is 12.6. The quantitative estimate of drug-likeness (QED) is 0.748. The van der Waals surface area contributed by atoms with Crippen molar-refractivity contribution in [3.63, 3.8) is 0 Å². The zero-order valence-corrected chi connectivity index (χ0v) is 14.1. The Kier molecular flexibility index (Phi) is 5.60. The van der Waals surface area contributed by atoms with Crippen molar-refractivity contribution in [1.82, 2.24) is 4.90 Å². The van der Waals surface area contributed by atoms with Gasteiger partial charge in [-0.05, 0) is 44.2 Å². The molecule has 0 bridgehead atoms. The van der Waals surface area contributed by atoms with Gasteiger partial charge in [0.05, 0.1) is 0 Å². The van der Waals surface area contributed by atoms with Crippen LogP contribution in [0.5, 0.6) is 0 Å². The summed E-state index contributed by atoms with van der Waals surface area (Å²) in [6, 6.07) is 2.46. The summed E-state index contributed by atoms with van der Waals surface area (Å²) in [6.07, 6.45) is 1.33. The maximum absolute atomic E-state index is 12.6. The van der Waals surface area contributed by atoms with Crippen LogP contribution in [-0.2, 0) is 11.0 Å². The number of nitrogens with zero attached hydrogens (tertiary/aromatic N) is 1. The van der Waals surface area contributed by atoms with E-state index in [1.54, 1.807) is 29.7 Å². The predicted octanol–water partition coefficient (Wildman–Crippen LogP) is 4.52. The van der Waals surface area contributed by atoms with E-state index < -0.39 is 11.1 Å². The topological polar surface area (TPSA) is 20.3 Å². The first-order chi connectivity index (χ1) is 10.3. The fourth-order valence-electron chi connectivity index (χ4n) is 2.42. The summed E-state index contributed by atoms with van der Waals surface area (Å²) in [7, 11) is 0. The van der Waals surface area contributed by atoms with Gasteiger partial charge in [0.2, 0.25) is 5.91 Å². The first-order valence-corrected chi connectivity index (χ1v) is 9.09. The van der Waals surface area contributed by atoms with Crippen LogP contribution in [0.15, 0.2) is 17.7 Å². The number of rotatable bonds is 3. The van der Waals surface area contributed by atoms with Crippen LogP contribution in [0.2, 0.25) is 0 Å². The van der Waals surface area contributed by atoms with Crippen LogP contribution in [-0.4, -0.2) is 35.4 Å². The molecule has 1 saturated heterocycles. The molecule has 2 rings (SSSR count). The van der Waals surface area contributed by atoms with Crippen LogP contribution in [0.3, 0.4) is 0 Å². The highest BCUT2D eigenvalue weighted by Gasteiger charge is 2.32. The fourth-order valence-corrected chi connectivity index (χ4v) is 4.03. The van der Waals surface area contributed by atoms with Crippen LogP contribution >= 0.6 is 23.1 Å². The second kappa shape index (κ2) is 7.08.